The molecule has 0 radical (unpaired) electrons. The van der Waals surface area contributed by atoms with Crippen molar-refractivity contribution in [3.63, 3.8) is 0 Å². The fourth-order valence-electron chi connectivity index (χ4n) is 1.76. The van der Waals surface area contributed by atoms with Crippen molar-refractivity contribution >= 4 is 40.5 Å². The Kier molecular flexibility index (Phi) is 3.71. The number of rotatable bonds is 3. The first kappa shape index (κ1) is 14.1. The molecule has 0 aliphatic rings. The largest absolute Gasteiger partial charge is 0.478 e. The van der Waals surface area contributed by atoms with Gasteiger partial charge in [-0.2, -0.15) is 0 Å². The van der Waals surface area contributed by atoms with Gasteiger partial charge in [-0.25, -0.2) is 9.78 Å². The normalized spacial score (nSPS) is 10.8. The third-order valence-electron chi connectivity index (χ3n) is 2.79. The molecule has 0 fully saturated rings. The Morgan fingerprint density at radius 1 is 1.33 bits per heavy atom. The van der Waals surface area contributed by atoms with Gasteiger partial charge in [0.1, 0.15) is 17.0 Å². The van der Waals surface area contributed by atoms with Crippen LogP contribution in [0.2, 0.25) is 10.0 Å². The molecule has 0 atom stereocenters. The molecule has 1 aromatic carbocycles. The van der Waals surface area contributed by atoms with E-state index in [0.29, 0.717) is 26.5 Å². The first-order valence-electron chi connectivity index (χ1n) is 5.78. The lowest BCUT2D eigenvalue weighted by Gasteiger charge is -2.01. The molecule has 0 unspecified atom stereocenters. The zero-order valence-electron chi connectivity index (χ0n) is 10.3. The van der Waals surface area contributed by atoms with E-state index in [1.54, 1.807) is 17.5 Å². The standard InChI is InChI=1S/C14H7Cl2NO3S/c15-9-3-1-2-8(12(9)16)13-17-10(6-21-13)11-4-7(5-20-11)14(18)19/h1-6H,(H,18,19). The quantitative estimate of drug-likeness (QED) is 0.723. The Morgan fingerprint density at radius 2 is 2.14 bits per heavy atom. The summed E-state index contributed by atoms with van der Waals surface area (Å²) in [5.41, 5.74) is 1.37. The van der Waals surface area contributed by atoms with Gasteiger partial charge in [-0.15, -0.1) is 11.3 Å². The number of carboxylic acids is 1. The van der Waals surface area contributed by atoms with Gasteiger partial charge in [0.15, 0.2) is 5.76 Å². The minimum atomic E-state index is -1.04. The van der Waals surface area contributed by atoms with Crippen molar-refractivity contribution in [1.82, 2.24) is 4.98 Å². The van der Waals surface area contributed by atoms with E-state index in [0.717, 1.165) is 5.56 Å². The first-order chi connectivity index (χ1) is 10.1. The second-order valence-corrected chi connectivity index (χ2v) is 5.79. The molecule has 0 bridgehead atoms. The SMILES string of the molecule is O=C(O)c1coc(-c2csc(-c3cccc(Cl)c3Cl)n2)c1. The molecule has 0 amide bonds. The number of halogens is 2. The average molecular weight is 340 g/mol. The van der Waals surface area contributed by atoms with E-state index < -0.39 is 5.97 Å². The molecule has 1 N–H and O–H groups in total. The molecule has 2 aromatic heterocycles. The lowest BCUT2D eigenvalue weighted by atomic mass is 10.2. The van der Waals surface area contributed by atoms with Crippen LogP contribution in [0.5, 0.6) is 0 Å². The van der Waals surface area contributed by atoms with Gasteiger partial charge in [0.2, 0.25) is 0 Å². The van der Waals surface area contributed by atoms with E-state index in [-0.39, 0.29) is 5.56 Å². The molecule has 3 rings (SSSR count). The van der Waals surface area contributed by atoms with Gasteiger partial charge in [0.25, 0.3) is 0 Å². The van der Waals surface area contributed by atoms with Crippen LogP contribution in [-0.2, 0) is 0 Å². The van der Waals surface area contributed by atoms with Gasteiger partial charge < -0.3 is 9.52 Å². The predicted molar refractivity (Wildman–Crippen MR) is 82.2 cm³/mol. The van der Waals surface area contributed by atoms with Crippen molar-refractivity contribution < 1.29 is 14.3 Å². The van der Waals surface area contributed by atoms with Crippen LogP contribution in [0.25, 0.3) is 22.0 Å². The topological polar surface area (TPSA) is 63.3 Å². The smallest absolute Gasteiger partial charge is 0.338 e. The average Bonchev–Trinajstić information content (AvgIpc) is 3.09. The van der Waals surface area contributed by atoms with Gasteiger partial charge in [0.05, 0.1) is 15.6 Å². The van der Waals surface area contributed by atoms with Gasteiger partial charge in [-0.3, -0.25) is 0 Å². The van der Waals surface area contributed by atoms with E-state index >= 15 is 0 Å². The van der Waals surface area contributed by atoms with Gasteiger partial charge in [-0.05, 0) is 6.07 Å². The molecule has 0 saturated carbocycles. The van der Waals surface area contributed by atoms with Gasteiger partial charge in [-0.1, -0.05) is 35.3 Å². The number of thiazole rings is 1. The Hall–Kier alpha value is -1.82. The molecular weight excluding hydrogens is 333 g/mol. The number of hydrogen-bond acceptors (Lipinski definition) is 4. The maximum absolute atomic E-state index is 10.8. The summed E-state index contributed by atoms with van der Waals surface area (Å²) in [6.07, 6.45) is 1.18. The maximum Gasteiger partial charge on any atom is 0.338 e. The Bertz CT molecular complexity index is 825. The maximum atomic E-state index is 10.8. The highest BCUT2D eigenvalue weighted by Crippen LogP contribution is 2.36. The number of hydrogen-bond donors (Lipinski definition) is 1. The second-order valence-electron chi connectivity index (χ2n) is 4.14. The number of aromatic nitrogens is 1. The number of carbonyl (C=O) groups is 1. The molecule has 2 heterocycles. The highest BCUT2D eigenvalue weighted by Gasteiger charge is 2.15. The number of benzene rings is 1. The minimum absolute atomic E-state index is 0.0836. The second kappa shape index (κ2) is 5.52. The number of carboxylic acid groups (broad SMARTS) is 1. The van der Waals surface area contributed by atoms with Gasteiger partial charge in [0, 0.05) is 17.0 Å². The van der Waals surface area contributed by atoms with Crippen LogP contribution >= 0.6 is 34.5 Å². The minimum Gasteiger partial charge on any atom is -0.478 e. The van der Waals surface area contributed by atoms with Crippen LogP contribution in [0.4, 0.5) is 0 Å². The van der Waals surface area contributed by atoms with E-state index in [4.69, 9.17) is 32.7 Å². The van der Waals surface area contributed by atoms with Crippen molar-refractivity contribution in [2.24, 2.45) is 0 Å². The molecule has 7 heteroatoms. The molecule has 0 aliphatic heterocycles. The Balaban J connectivity index is 1.99. The fraction of sp³-hybridized carbons (Fsp3) is 0. The summed E-state index contributed by atoms with van der Waals surface area (Å²) in [7, 11) is 0. The third-order valence-corrected chi connectivity index (χ3v) is 4.48. The van der Waals surface area contributed by atoms with Crippen LogP contribution < -0.4 is 0 Å². The summed E-state index contributed by atoms with van der Waals surface area (Å²) in [5, 5.41) is 12.2. The molecule has 106 valence electrons. The third kappa shape index (κ3) is 2.68. The predicted octanol–water partition coefficient (Wildman–Crippen LogP) is 5.08. The molecule has 21 heavy (non-hydrogen) atoms. The van der Waals surface area contributed by atoms with Crippen LogP contribution in [0.3, 0.4) is 0 Å². The molecule has 4 nitrogen and oxygen atoms in total. The van der Waals surface area contributed by atoms with Crippen molar-refractivity contribution in [3.8, 4) is 22.0 Å². The van der Waals surface area contributed by atoms with Crippen LogP contribution in [0.1, 0.15) is 10.4 Å². The lowest BCUT2D eigenvalue weighted by molar-refractivity contribution is 0.0696. The molecular formula is C14H7Cl2NO3S. The fourth-order valence-corrected chi connectivity index (χ4v) is 3.05. The Morgan fingerprint density at radius 3 is 2.86 bits per heavy atom. The number of furan rings is 1. The molecule has 0 saturated heterocycles. The van der Waals surface area contributed by atoms with E-state index in [2.05, 4.69) is 4.98 Å². The monoisotopic (exact) mass is 339 g/mol. The van der Waals surface area contributed by atoms with Crippen LogP contribution in [0, 0.1) is 0 Å². The van der Waals surface area contributed by atoms with Crippen molar-refractivity contribution in [3.05, 3.63) is 51.5 Å². The molecule has 0 aliphatic carbocycles. The van der Waals surface area contributed by atoms with Crippen LogP contribution in [-0.4, -0.2) is 16.1 Å². The summed E-state index contributed by atoms with van der Waals surface area (Å²) in [6.45, 7) is 0. The van der Waals surface area contributed by atoms with Gasteiger partial charge >= 0.3 is 5.97 Å². The molecule has 0 spiro atoms. The first-order valence-corrected chi connectivity index (χ1v) is 7.42. The molecule has 3 aromatic rings. The van der Waals surface area contributed by atoms with Crippen molar-refractivity contribution in [2.45, 2.75) is 0 Å². The van der Waals surface area contributed by atoms with E-state index in [1.165, 1.54) is 23.7 Å². The summed E-state index contributed by atoms with van der Waals surface area (Å²) < 4.78 is 5.22. The zero-order valence-corrected chi connectivity index (χ0v) is 12.7. The van der Waals surface area contributed by atoms with E-state index in [9.17, 15) is 4.79 Å². The van der Waals surface area contributed by atoms with Crippen LogP contribution in [0.15, 0.2) is 40.3 Å². The van der Waals surface area contributed by atoms with Crippen molar-refractivity contribution in [2.75, 3.05) is 0 Å². The Labute approximate surface area is 133 Å². The highest BCUT2D eigenvalue weighted by atomic mass is 35.5. The number of aromatic carboxylic acids is 1. The zero-order chi connectivity index (χ0) is 15.0. The lowest BCUT2D eigenvalue weighted by Crippen LogP contribution is -1.91. The summed E-state index contributed by atoms with van der Waals surface area (Å²) >= 11 is 13.5. The summed E-state index contributed by atoms with van der Waals surface area (Å²) in [4.78, 5) is 15.3. The summed E-state index contributed by atoms with van der Waals surface area (Å²) in [6, 6.07) is 6.75. The van der Waals surface area contributed by atoms with Crippen molar-refractivity contribution in [1.29, 1.82) is 0 Å². The van der Waals surface area contributed by atoms with E-state index in [1.807, 2.05) is 6.07 Å². The number of nitrogens with zero attached hydrogens (tertiary/aromatic N) is 1. The highest BCUT2D eigenvalue weighted by molar-refractivity contribution is 7.13. The summed E-state index contributed by atoms with van der Waals surface area (Å²) in [5.74, 6) is -0.647.